The van der Waals surface area contributed by atoms with E-state index in [0.29, 0.717) is 18.9 Å². The van der Waals surface area contributed by atoms with Gasteiger partial charge in [-0.05, 0) is 18.6 Å². The van der Waals surface area contributed by atoms with Gasteiger partial charge in [-0.25, -0.2) is 9.97 Å². The number of nitrogens with one attached hydrogen (secondary N) is 1. The molecule has 1 aliphatic rings. The van der Waals surface area contributed by atoms with Gasteiger partial charge in [0.25, 0.3) is 0 Å². The summed E-state index contributed by atoms with van der Waals surface area (Å²) < 4.78 is 6.32. The maximum absolute atomic E-state index is 12.3. The first-order chi connectivity index (χ1) is 13.2. The summed E-state index contributed by atoms with van der Waals surface area (Å²) in [6, 6.07) is 7.74. The monoisotopic (exact) mass is 401 g/mol. The molecule has 0 aliphatic carbocycles. The topological polar surface area (TPSA) is 80.2 Å². The van der Waals surface area contributed by atoms with Crippen LogP contribution in [0.5, 0.6) is 0 Å². The summed E-state index contributed by atoms with van der Waals surface area (Å²) in [5.74, 6) is 0.226. The summed E-state index contributed by atoms with van der Waals surface area (Å²) in [5, 5.41) is 4.67. The molecule has 7 nitrogen and oxygen atoms in total. The van der Waals surface area contributed by atoms with Gasteiger partial charge in [0.2, 0.25) is 5.91 Å². The highest BCUT2D eigenvalue weighted by molar-refractivity contribution is 8.00. The van der Waals surface area contributed by atoms with Crippen molar-refractivity contribution in [1.82, 2.24) is 15.0 Å². The smallest absolute Gasteiger partial charge is 0.234 e. The van der Waals surface area contributed by atoms with Crippen molar-refractivity contribution in [2.24, 2.45) is 0 Å². The van der Waals surface area contributed by atoms with E-state index in [-0.39, 0.29) is 11.7 Å². The Morgan fingerprint density at radius 3 is 2.93 bits per heavy atom. The highest BCUT2D eigenvalue weighted by Crippen LogP contribution is 2.34. The molecule has 1 aromatic carbocycles. The van der Waals surface area contributed by atoms with Gasteiger partial charge < -0.3 is 15.0 Å². The van der Waals surface area contributed by atoms with Crippen LogP contribution in [0.4, 0.5) is 10.8 Å². The van der Waals surface area contributed by atoms with Crippen LogP contribution >= 0.6 is 23.1 Å². The second-order valence-corrected chi connectivity index (χ2v) is 8.02. The standard InChI is InChI=1S/C18H19N5O2S2/c1-12-4-2-3-5-13(12)21-14(24)10-26-17-15-16(19-11-20-17)22-18(27-15)23-6-8-25-9-7-23/h2-5,11H,6-10H2,1H3,(H,21,24). The number of hydrogen-bond donors (Lipinski definition) is 1. The third kappa shape index (κ3) is 4.20. The maximum atomic E-state index is 12.3. The predicted octanol–water partition coefficient (Wildman–Crippen LogP) is 2.96. The molecule has 2 aromatic heterocycles. The van der Waals surface area contributed by atoms with Gasteiger partial charge in [-0.2, -0.15) is 4.98 Å². The summed E-state index contributed by atoms with van der Waals surface area (Å²) in [7, 11) is 0. The fraction of sp³-hybridized carbons (Fsp3) is 0.333. The number of carbonyl (C=O) groups excluding carboxylic acids is 1. The Bertz CT molecular complexity index is 956. The van der Waals surface area contributed by atoms with Crippen LogP contribution in [0.3, 0.4) is 0 Å². The zero-order valence-electron chi connectivity index (χ0n) is 14.8. The van der Waals surface area contributed by atoms with Crippen molar-refractivity contribution in [3.8, 4) is 0 Å². The van der Waals surface area contributed by atoms with Gasteiger partial charge in [0.15, 0.2) is 10.8 Å². The molecule has 9 heteroatoms. The number of para-hydroxylation sites is 1. The average Bonchev–Trinajstić information content (AvgIpc) is 3.14. The van der Waals surface area contributed by atoms with Crippen molar-refractivity contribution in [2.75, 3.05) is 42.3 Å². The van der Waals surface area contributed by atoms with Crippen LogP contribution in [0.2, 0.25) is 0 Å². The van der Waals surface area contributed by atoms with Crippen molar-refractivity contribution in [3.05, 3.63) is 36.2 Å². The zero-order chi connectivity index (χ0) is 18.6. The molecular formula is C18H19N5O2S2. The Hall–Kier alpha value is -2.23. The molecule has 0 unspecified atom stereocenters. The van der Waals surface area contributed by atoms with E-state index < -0.39 is 0 Å². The molecule has 0 radical (unpaired) electrons. The maximum Gasteiger partial charge on any atom is 0.234 e. The molecule has 0 saturated carbocycles. The van der Waals surface area contributed by atoms with E-state index in [0.717, 1.165) is 39.2 Å². The normalized spacial score (nSPS) is 14.5. The first-order valence-corrected chi connectivity index (χ1v) is 10.4. The highest BCUT2D eigenvalue weighted by Gasteiger charge is 2.18. The fourth-order valence-corrected chi connectivity index (χ4v) is 4.69. The molecule has 0 bridgehead atoms. The van der Waals surface area contributed by atoms with Crippen LogP contribution in [-0.2, 0) is 9.53 Å². The van der Waals surface area contributed by atoms with Crippen LogP contribution in [0.25, 0.3) is 10.3 Å². The number of carbonyl (C=O) groups is 1. The fourth-order valence-electron chi connectivity index (χ4n) is 2.75. The minimum absolute atomic E-state index is 0.0565. The van der Waals surface area contributed by atoms with Crippen LogP contribution in [0.1, 0.15) is 5.56 Å². The molecule has 27 heavy (non-hydrogen) atoms. The number of ether oxygens (including phenoxy) is 1. The number of rotatable bonds is 5. The van der Waals surface area contributed by atoms with E-state index in [4.69, 9.17) is 4.74 Å². The summed E-state index contributed by atoms with van der Waals surface area (Å²) in [5.41, 5.74) is 2.56. The number of anilines is 2. The lowest BCUT2D eigenvalue weighted by atomic mass is 10.2. The van der Waals surface area contributed by atoms with Gasteiger partial charge in [-0.15, -0.1) is 0 Å². The van der Waals surface area contributed by atoms with Crippen LogP contribution < -0.4 is 10.2 Å². The van der Waals surface area contributed by atoms with E-state index in [9.17, 15) is 4.79 Å². The number of thiazole rings is 1. The lowest BCUT2D eigenvalue weighted by molar-refractivity contribution is -0.113. The molecule has 1 fully saturated rings. The molecule has 1 aliphatic heterocycles. The van der Waals surface area contributed by atoms with Crippen molar-refractivity contribution < 1.29 is 9.53 Å². The largest absolute Gasteiger partial charge is 0.378 e. The number of fused-ring (bicyclic) bond motifs is 1. The number of hydrogen-bond acceptors (Lipinski definition) is 8. The zero-order valence-corrected chi connectivity index (χ0v) is 16.5. The molecule has 3 aromatic rings. The first kappa shape index (κ1) is 18.1. The van der Waals surface area contributed by atoms with E-state index >= 15 is 0 Å². The van der Waals surface area contributed by atoms with E-state index in [1.807, 2.05) is 31.2 Å². The van der Waals surface area contributed by atoms with Gasteiger partial charge in [-0.1, -0.05) is 41.3 Å². The molecule has 4 rings (SSSR count). The van der Waals surface area contributed by atoms with Crippen molar-refractivity contribution in [1.29, 1.82) is 0 Å². The number of aryl methyl sites for hydroxylation is 1. The summed E-state index contributed by atoms with van der Waals surface area (Å²) >= 11 is 2.98. The average molecular weight is 402 g/mol. The van der Waals surface area contributed by atoms with Gasteiger partial charge >= 0.3 is 0 Å². The molecule has 3 heterocycles. The van der Waals surface area contributed by atoms with Crippen LogP contribution in [0.15, 0.2) is 35.6 Å². The number of aromatic nitrogens is 3. The molecule has 0 spiro atoms. The van der Waals surface area contributed by atoms with Gasteiger partial charge in [0.1, 0.15) is 16.1 Å². The molecule has 140 valence electrons. The second-order valence-electron chi connectivity index (χ2n) is 6.08. The number of amides is 1. The van der Waals surface area contributed by atoms with E-state index in [1.54, 1.807) is 11.3 Å². The number of morpholine rings is 1. The highest BCUT2D eigenvalue weighted by atomic mass is 32.2. The minimum Gasteiger partial charge on any atom is -0.378 e. The summed E-state index contributed by atoms with van der Waals surface area (Å²) in [6.45, 7) is 5.05. The molecular weight excluding hydrogens is 382 g/mol. The second kappa shape index (κ2) is 8.20. The Kier molecular flexibility index (Phi) is 5.51. The van der Waals surface area contributed by atoms with Crippen molar-refractivity contribution in [2.45, 2.75) is 11.9 Å². The SMILES string of the molecule is Cc1ccccc1NC(=O)CSc1ncnc2nc(N3CCOCC3)sc12. The third-order valence-electron chi connectivity index (χ3n) is 4.19. The third-order valence-corrected chi connectivity index (χ3v) is 6.42. The predicted molar refractivity (Wildman–Crippen MR) is 109 cm³/mol. The Morgan fingerprint density at radius 1 is 1.30 bits per heavy atom. The van der Waals surface area contributed by atoms with E-state index in [2.05, 4.69) is 25.2 Å². The Labute approximate surface area is 165 Å². The summed E-state index contributed by atoms with van der Waals surface area (Å²) in [6.07, 6.45) is 1.51. The molecule has 1 N–H and O–H groups in total. The molecule has 1 amide bonds. The number of thioether (sulfide) groups is 1. The van der Waals surface area contributed by atoms with E-state index in [1.165, 1.54) is 18.1 Å². The van der Waals surface area contributed by atoms with Crippen molar-refractivity contribution >= 4 is 50.2 Å². The van der Waals surface area contributed by atoms with Gasteiger partial charge in [0, 0.05) is 18.8 Å². The quantitative estimate of drug-likeness (QED) is 0.520. The van der Waals surface area contributed by atoms with Crippen LogP contribution in [-0.4, -0.2) is 52.9 Å². The van der Waals surface area contributed by atoms with Crippen LogP contribution in [0, 0.1) is 6.92 Å². The number of nitrogens with zero attached hydrogens (tertiary/aromatic N) is 4. The Morgan fingerprint density at radius 2 is 2.11 bits per heavy atom. The van der Waals surface area contributed by atoms with Crippen molar-refractivity contribution in [3.63, 3.8) is 0 Å². The lowest BCUT2D eigenvalue weighted by Crippen LogP contribution is -2.36. The first-order valence-electron chi connectivity index (χ1n) is 8.63. The van der Waals surface area contributed by atoms with Gasteiger partial charge in [-0.3, -0.25) is 4.79 Å². The van der Waals surface area contributed by atoms with Gasteiger partial charge in [0.05, 0.1) is 19.0 Å². The molecule has 1 saturated heterocycles. The summed E-state index contributed by atoms with van der Waals surface area (Å²) in [4.78, 5) is 27.8. The minimum atomic E-state index is -0.0565. The molecule has 0 atom stereocenters. The number of benzene rings is 1. The Balaban J connectivity index is 1.46. The lowest BCUT2D eigenvalue weighted by Gasteiger charge is -2.25.